The number of aromatic nitrogens is 4. The van der Waals surface area contributed by atoms with Gasteiger partial charge in [0.05, 0.1) is 21.3 Å². The van der Waals surface area contributed by atoms with E-state index < -0.39 is 5.25 Å². The molecule has 10 heteroatoms. The van der Waals surface area contributed by atoms with Crippen molar-refractivity contribution >= 4 is 46.7 Å². The fourth-order valence-corrected chi connectivity index (χ4v) is 4.18. The number of unbranched alkanes of at least 4 members (excludes halogenated alkanes) is 1. The lowest BCUT2D eigenvalue weighted by atomic mass is 10.2. The van der Waals surface area contributed by atoms with Crippen molar-refractivity contribution in [3.8, 4) is 0 Å². The van der Waals surface area contributed by atoms with Crippen LogP contribution in [0.15, 0.2) is 17.4 Å². The van der Waals surface area contributed by atoms with E-state index in [1.165, 1.54) is 18.0 Å². The number of thioether (sulfide) groups is 1. The van der Waals surface area contributed by atoms with Crippen LogP contribution in [0.1, 0.15) is 51.9 Å². The largest absolute Gasteiger partial charge is 0.308 e. The number of rotatable bonds is 10. The molecule has 1 amide bonds. The van der Waals surface area contributed by atoms with E-state index in [1.807, 2.05) is 21.0 Å². The lowest BCUT2D eigenvalue weighted by molar-refractivity contribution is -0.115. The topological polar surface area (TPSA) is 75.9 Å². The molecule has 0 bridgehead atoms. The highest BCUT2D eigenvalue weighted by atomic mass is 35.5. The number of nitrogens with one attached hydrogen (secondary N) is 1. The zero-order valence-corrected chi connectivity index (χ0v) is 19.8. The van der Waals surface area contributed by atoms with Crippen LogP contribution in [-0.4, -0.2) is 49.9 Å². The molecular weight excluding hydrogens is 431 g/mol. The standard InChI is InChI=1S/C19H28Cl2N6OS/c1-6-8-9-27-17(15(7-2)26(4)5)24-25-19(27)29-12(3)18(28)23-16-14(21)10-13(20)11-22-16/h10-12,15H,6-9H2,1-5H3,(H,22,23,28)/t12-,15-/m0/s1. The number of nitrogens with zero attached hydrogens (tertiary/aromatic N) is 5. The summed E-state index contributed by atoms with van der Waals surface area (Å²) in [5, 5.41) is 12.6. The van der Waals surface area contributed by atoms with Crippen molar-refractivity contribution in [1.82, 2.24) is 24.6 Å². The molecule has 0 aliphatic carbocycles. The summed E-state index contributed by atoms with van der Waals surface area (Å²) in [6.07, 6.45) is 4.46. The Morgan fingerprint density at radius 1 is 1.31 bits per heavy atom. The molecule has 0 aromatic carbocycles. The number of hydrogen-bond acceptors (Lipinski definition) is 6. The van der Waals surface area contributed by atoms with Crippen molar-refractivity contribution in [2.45, 2.75) is 63.0 Å². The third-order valence-electron chi connectivity index (χ3n) is 4.49. The highest BCUT2D eigenvalue weighted by Gasteiger charge is 2.25. The van der Waals surface area contributed by atoms with Crippen LogP contribution in [0.2, 0.25) is 10.0 Å². The van der Waals surface area contributed by atoms with Crippen LogP contribution in [-0.2, 0) is 11.3 Å². The summed E-state index contributed by atoms with van der Waals surface area (Å²) < 4.78 is 2.14. The Morgan fingerprint density at radius 3 is 2.62 bits per heavy atom. The van der Waals surface area contributed by atoms with Gasteiger partial charge in [0, 0.05) is 12.7 Å². The van der Waals surface area contributed by atoms with Crippen LogP contribution < -0.4 is 5.32 Å². The summed E-state index contributed by atoms with van der Waals surface area (Å²) >= 11 is 13.3. The number of pyridine rings is 1. The maximum Gasteiger partial charge on any atom is 0.238 e. The van der Waals surface area contributed by atoms with E-state index in [1.54, 1.807) is 6.07 Å². The molecular formula is C19H28Cl2N6OS. The normalized spacial score (nSPS) is 13.5. The number of carbonyl (C=O) groups excluding carboxylic acids is 1. The van der Waals surface area contributed by atoms with Gasteiger partial charge >= 0.3 is 0 Å². The van der Waals surface area contributed by atoms with Gasteiger partial charge in [0.2, 0.25) is 5.91 Å². The molecule has 160 valence electrons. The quantitative estimate of drug-likeness (QED) is 0.509. The molecule has 2 aromatic heterocycles. The van der Waals surface area contributed by atoms with Gasteiger partial charge in [-0.25, -0.2) is 4.98 Å². The van der Waals surface area contributed by atoms with Crippen LogP contribution >= 0.6 is 35.0 Å². The van der Waals surface area contributed by atoms with Crippen molar-refractivity contribution in [3.05, 3.63) is 28.1 Å². The van der Waals surface area contributed by atoms with Crippen molar-refractivity contribution in [2.75, 3.05) is 19.4 Å². The summed E-state index contributed by atoms with van der Waals surface area (Å²) in [7, 11) is 4.08. The minimum Gasteiger partial charge on any atom is -0.308 e. The second-order valence-electron chi connectivity index (χ2n) is 6.97. The Morgan fingerprint density at radius 2 is 2.03 bits per heavy atom. The van der Waals surface area contributed by atoms with E-state index in [9.17, 15) is 4.79 Å². The predicted octanol–water partition coefficient (Wildman–Crippen LogP) is 4.91. The van der Waals surface area contributed by atoms with Crippen molar-refractivity contribution in [1.29, 1.82) is 0 Å². The molecule has 0 saturated carbocycles. The Balaban J connectivity index is 2.18. The predicted molar refractivity (Wildman–Crippen MR) is 120 cm³/mol. The zero-order valence-electron chi connectivity index (χ0n) is 17.4. The van der Waals surface area contributed by atoms with Crippen molar-refractivity contribution < 1.29 is 4.79 Å². The Labute approximate surface area is 186 Å². The average Bonchev–Trinajstić information content (AvgIpc) is 3.04. The van der Waals surface area contributed by atoms with Crippen LogP contribution in [0.4, 0.5) is 5.82 Å². The van der Waals surface area contributed by atoms with E-state index in [0.717, 1.165) is 36.8 Å². The first-order chi connectivity index (χ1) is 13.8. The summed E-state index contributed by atoms with van der Waals surface area (Å²) in [4.78, 5) is 18.9. The smallest absolute Gasteiger partial charge is 0.238 e. The fourth-order valence-electron chi connectivity index (χ4n) is 2.88. The second-order valence-corrected chi connectivity index (χ2v) is 9.12. The molecule has 0 unspecified atom stereocenters. The van der Waals surface area contributed by atoms with Gasteiger partial charge in [0.1, 0.15) is 0 Å². The van der Waals surface area contributed by atoms with Gasteiger partial charge in [0.25, 0.3) is 0 Å². The van der Waals surface area contributed by atoms with E-state index in [4.69, 9.17) is 23.2 Å². The Bertz CT molecular complexity index is 829. The number of hydrogen-bond donors (Lipinski definition) is 1. The molecule has 29 heavy (non-hydrogen) atoms. The Hall–Kier alpha value is -1.35. The molecule has 2 atom stereocenters. The third kappa shape index (κ3) is 6.31. The van der Waals surface area contributed by atoms with Crippen LogP contribution in [0, 0.1) is 0 Å². The third-order valence-corrected chi connectivity index (χ3v) is 6.06. The summed E-state index contributed by atoms with van der Waals surface area (Å²) in [5.41, 5.74) is 0. The molecule has 0 saturated heterocycles. The molecule has 7 nitrogen and oxygen atoms in total. The maximum absolute atomic E-state index is 12.7. The first-order valence-corrected chi connectivity index (χ1v) is 11.3. The number of halogens is 2. The van der Waals surface area contributed by atoms with Gasteiger partial charge in [-0.05, 0) is 39.9 Å². The lowest BCUT2D eigenvalue weighted by Gasteiger charge is -2.23. The molecule has 0 aliphatic heterocycles. The van der Waals surface area contributed by atoms with Gasteiger partial charge in [-0.15, -0.1) is 10.2 Å². The minimum atomic E-state index is -0.402. The van der Waals surface area contributed by atoms with Gasteiger partial charge in [-0.1, -0.05) is 55.2 Å². The van der Waals surface area contributed by atoms with Crippen LogP contribution in [0.3, 0.4) is 0 Å². The Kier molecular flexibility index (Phi) is 9.20. The number of carbonyl (C=O) groups is 1. The maximum atomic E-state index is 12.7. The molecule has 0 fully saturated rings. The van der Waals surface area contributed by atoms with Crippen LogP contribution in [0.5, 0.6) is 0 Å². The lowest BCUT2D eigenvalue weighted by Crippen LogP contribution is -2.25. The van der Waals surface area contributed by atoms with E-state index in [2.05, 4.69) is 43.8 Å². The van der Waals surface area contributed by atoms with E-state index in [0.29, 0.717) is 15.9 Å². The van der Waals surface area contributed by atoms with Gasteiger partial charge in [-0.3, -0.25) is 9.69 Å². The zero-order chi connectivity index (χ0) is 21.6. The van der Waals surface area contributed by atoms with Gasteiger partial charge in [0.15, 0.2) is 16.8 Å². The summed E-state index contributed by atoms with van der Waals surface area (Å²) in [6, 6.07) is 1.72. The molecule has 0 radical (unpaired) electrons. The molecule has 0 aliphatic rings. The first kappa shape index (κ1) is 23.9. The SMILES string of the molecule is CCCCn1c(S[C@@H](C)C(=O)Nc2ncc(Cl)cc2Cl)nnc1[C@H](CC)N(C)C. The minimum absolute atomic E-state index is 0.176. The molecule has 0 spiro atoms. The van der Waals surface area contributed by atoms with Crippen molar-refractivity contribution in [2.24, 2.45) is 0 Å². The molecule has 2 aromatic rings. The highest BCUT2D eigenvalue weighted by molar-refractivity contribution is 8.00. The summed E-state index contributed by atoms with van der Waals surface area (Å²) in [6.45, 7) is 6.93. The molecule has 2 heterocycles. The molecule has 2 rings (SSSR count). The average molecular weight is 459 g/mol. The number of anilines is 1. The summed E-state index contributed by atoms with van der Waals surface area (Å²) in [5.74, 6) is 1.02. The van der Waals surface area contributed by atoms with Gasteiger partial charge in [-0.2, -0.15) is 0 Å². The highest BCUT2D eigenvalue weighted by Crippen LogP contribution is 2.29. The monoisotopic (exact) mass is 458 g/mol. The molecule has 1 N–H and O–H groups in total. The first-order valence-electron chi connectivity index (χ1n) is 9.66. The van der Waals surface area contributed by atoms with E-state index >= 15 is 0 Å². The van der Waals surface area contributed by atoms with Crippen molar-refractivity contribution in [3.63, 3.8) is 0 Å². The van der Waals surface area contributed by atoms with E-state index in [-0.39, 0.29) is 11.9 Å². The van der Waals surface area contributed by atoms with Gasteiger partial charge < -0.3 is 9.88 Å². The second kappa shape index (κ2) is 11.2. The fraction of sp³-hybridized carbons (Fsp3) is 0.579. The number of amides is 1. The van der Waals surface area contributed by atoms with Crippen LogP contribution in [0.25, 0.3) is 0 Å².